The van der Waals surface area contributed by atoms with E-state index in [-0.39, 0.29) is 23.1 Å². The van der Waals surface area contributed by atoms with Gasteiger partial charge in [0.25, 0.3) is 0 Å². The molecule has 1 fully saturated rings. The molecule has 1 aliphatic rings. The van der Waals surface area contributed by atoms with Gasteiger partial charge in [-0.15, -0.1) is 0 Å². The largest absolute Gasteiger partial charge is 0.465 e. The number of aliphatic hydroxyl groups excluding tert-OH is 1. The normalized spacial score (nSPS) is 24.1. The van der Waals surface area contributed by atoms with E-state index in [9.17, 15) is 14.3 Å². The molecule has 0 amide bonds. The van der Waals surface area contributed by atoms with Gasteiger partial charge in [0.05, 0.1) is 18.8 Å². The van der Waals surface area contributed by atoms with Gasteiger partial charge in [0.2, 0.25) is 0 Å². The van der Waals surface area contributed by atoms with Crippen molar-refractivity contribution in [2.24, 2.45) is 5.41 Å². The number of rotatable bonds is 4. The minimum atomic E-state index is -0.676. The SMILES string of the molecule is COC(=O)c1ccc(CNC2CC(O)C2(C)C)cc1F. The monoisotopic (exact) mass is 281 g/mol. The van der Waals surface area contributed by atoms with Crippen molar-refractivity contribution in [1.29, 1.82) is 0 Å². The third-order valence-electron chi connectivity index (χ3n) is 4.21. The van der Waals surface area contributed by atoms with Crippen LogP contribution in [0.4, 0.5) is 4.39 Å². The zero-order chi connectivity index (χ0) is 14.9. The van der Waals surface area contributed by atoms with Gasteiger partial charge < -0.3 is 15.2 Å². The van der Waals surface area contributed by atoms with Crippen LogP contribution in [0, 0.1) is 11.2 Å². The van der Waals surface area contributed by atoms with Crippen LogP contribution in [-0.4, -0.2) is 30.3 Å². The van der Waals surface area contributed by atoms with Crippen LogP contribution in [0.15, 0.2) is 18.2 Å². The second-order valence-corrected chi connectivity index (χ2v) is 5.81. The average Bonchev–Trinajstić information content (AvgIpc) is 2.42. The third kappa shape index (κ3) is 2.69. The van der Waals surface area contributed by atoms with Crippen LogP contribution in [0.25, 0.3) is 0 Å². The molecule has 2 atom stereocenters. The van der Waals surface area contributed by atoms with E-state index in [1.54, 1.807) is 6.07 Å². The van der Waals surface area contributed by atoms with Crippen molar-refractivity contribution in [3.63, 3.8) is 0 Å². The van der Waals surface area contributed by atoms with Crippen LogP contribution < -0.4 is 5.32 Å². The molecule has 2 unspecified atom stereocenters. The van der Waals surface area contributed by atoms with E-state index >= 15 is 0 Å². The van der Waals surface area contributed by atoms with Crippen LogP contribution in [0.3, 0.4) is 0 Å². The number of benzene rings is 1. The van der Waals surface area contributed by atoms with Crippen molar-refractivity contribution >= 4 is 5.97 Å². The molecule has 0 aromatic heterocycles. The molecule has 1 aromatic carbocycles. The second kappa shape index (κ2) is 5.50. The van der Waals surface area contributed by atoms with E-state index in [1.165, 1.54) is 19.2 Å². The number of hydrogen-bond acceptors (Lipinski definition) is 4. The van der Waals surface area contributed by atoms with Crippen LogP contribution in [0.1, 0.15) is 36.2 Å². The summed E-state index contributed by atoms with van der Waals surface area (Å²) in [6.45, 7) is 4.50. The van der Waals surface area contributed by atoms with Gasteiger partial charge in [0.15, 0.2) is 0 Å². The Labute approximate surface area is 117 Å². The fourth-order valence-electron chi connectivity index (χ4n) is 2.43. The summed E-state index contributed by atoms with van der Waals surface area (Å²) in [7, 11) is 1.22. The number of carbonyl (C=O) groups excluding carboxylic acids is 1. The molecule has 0 spiro atoms. The maximum atomic E-state index is 13.8. The number of esters is 1. The first-order chi connectivity index (χ1) is 9.36. The fourth-order valence-corrected chi connectivity index (χ4v) is 2.43. The van der Waals surface area contributed by atoms with Crippen molar-refractivity contribution in [3.05, 3.63) is 35.1 Å². The highest BCUT2D eigenvalue weighted by Crippen LogP contribution is 2.40. The second-order valence-electron chi connectivity index (χ2n) is 5.81. The Balaban J connectivity index is 1.98. The molecule has 0 heterocycles. The molecule has 0 bridgehead atoms. The lowest BCUT2D eigenvalue weighted by Gasteiger charge is -2.49. The van der Waals surface area contributed by atoms with E-state index in [0.717, 1.165) is 5.56 Å². The standard InChI is InChI=1S/C15H20FNO3/c1-15(2)12(7-13(15)18)17-8-9-4-5-10(11(16)6-9)14(19)20-3/h4-6,12-13,17-18H,7-8H2,1-3H3. The smallest absolute Gasteiger partial charge is 0.340 e. The number of nitrogens with one attached hydrogen (secondary N) is 1. The minimum Gasteiger partial charge on any atom is -0.465 e. The van der Waals surface area contributed by atoms with Crippen LogP contribution in [-0.2, 0) is 11.3 Å². The number of methoxy groups -OCH3 is 1. The summed E-state index contributed by atoms with van der Waals surface area (Å²) in [6.07, 6.45) is 0.411. The summed E-state index contributed by atoms with van der Waals surface area (Å²) in [5.41, 5.74) is 0.535. The van der Waals surface area contributed by atoms with Crippen LogP contribution >= 0.6 is 0 Å². The molecule has 0 saturated heterocycles. The first kappa shape index (κ1) is 14.9. The Kier molecular flexibility index (Phi) is 4.11. The molecule has 1 saturated carbocycles. The molecule has 2 N–H and O–H groups in total. The zero-order valence-corrected chi connectivity index (χ0v) is 11.9. The van der Waals surface area contributed by atoms with E-state index in [2.05, 4.69) is 10.1 Å². The number of aliphatic hydroxyl groups is 1. The summed E-state index contributed by atoms with van der Waals surface area (Å²) in [5, 5.41) is 13.0. The topological polar surface area (TPSA) is 58.6 Å². The highest BCUT2D eigenvalue weighted by atomic mass is 19.1. The van der Waals surface area contributed by atoms with Gasteiger partial charge >= 0.3 is 5.97 Å². The maximum absolute atomic E-state index is 13.8. The van der Waals surface area contributed by atoms with Gasteiger partial charge in [-0.3, -0.25) is 0 Å². The number of hydrogen-bond donors (Lipinski definition) is 2. The van der Waals surface area contributed by atoms with E-state index in [1.807, 2.05) is 13.8 Å². The summed E-state index contributed by atoms with van der Waals surface area (Å²) in [5.74, 6) is -1.26. The lowest BCUT2D eigenvalue weighted by atomic mass is 9.64. The van der Waals surface area contributed by atoms with Gasteiger partial charge in [-0.2, -0.15) is 0 Å². The van der Waals surface area contributed by atoms with E-state index < -0.39 is 11.8 Å². The molecular formula is C15H20FNO3. The third-order valence-corrected chi connectivity index (χ3v) is 4.21. The van der Waals surface area contributed by atoms with Gasteiger partial charge in [-0.25, -0.2) is 9.18 Å². The Morgan fingerprint density at radius 2 is 2.25 bits per heavy atom. The molecule has 0 aliphatic heterocycles. The number of halogens is 1. The molecule has 5 heteroatoms. The quantitative estimate of drug-likeness (QED) is 0.827. The maximum Gasteiger partial charge on any atom is 0.340 e. The van der Waals surface area contributed by atoms with Crippen molar-refractivity contribution in [1.82, 2.24) is 5.32 Å². The number of ether oxygens (including phenoxy) is 1. The zero-order valence-electron chi connectivity index (χ0n) is 11.9. The predicted octanol–water partition coefficient (Wildman–Crippen LogP) is 1.86. The number of carbonyl (C=O) groups is 1. The fraction of sp³-hybridized carbons (Fsp3) is 0.533. The van der Waals surface area contributed by atoms with Crippen molar-refractivity contribution in [2.75, 3.05) is 7.11 Å². The average molecular weight is 281 g/mol. The Morgan fingerprint density at radius 3 is 2.75 bits per heavy atom. The minimum absolute atomic E-state index is 0.0596. The van der Waals surface area contributed by atoms with Gasteiger partial charge in [0.1, 0.15) is 5.82 Å². The Hall–Kier alpha value is -1.46. The molecule has 2 rings (SSSR count). The van der Waals surface area contributed by atoms with Crippen molar-refractivity contribution in [2.45, 2.75) is 39.0 Å². The van der Waals surface area contributed by atoms with Crippen LogP contribution in [0.2, 0.25) is 0 Å². The molecule has 1 aliphatic carbocycles. The summed E-state index contributed by atoms with van der Waals surface area (Å²) in [4.78, 5) is 11.3. The first-order valence-electron chi connectivity index (χ1n) is 6.64. The molecular weight excluding hydrogens is 261 g/mol. The molecule has 20 heavy (non-hydrogen) atoms. The summed E-state index contributed by atoms with van der Waals surface area (Å²) < 4.78 is 18.3. The van der Waals surface area contributed by atoms with Gasteiger partial charge in [-0.1, -0.05) is 19.9 Å². The van der Waals surface area contributed by atoms with E-state index in [4.69, 9.17) is 0 Å². The summed E-state index contributed by atoms with van der Waals surface area (Å²) in [6, 6.07) is 4.67. The van der Waals surface area contributed by atoms with Crippen LogP contribution in [0.5, 0.6) is 0 Å². The molecule has 0 radical (unpaired) electrons. The summed E-state index contributed by atoms with van der Waals surface area (Å²) >= 11 is 0. The molecule has 110 valence electrons. The van der Waals surface area contributed by atoms with Crippen molar-refractivity contribution in [3.8, 4) is 0 Å². The lowest BCUT2D eigenvalue weighted by molar-refractivity contribution is -0.0729. The lowest BCUT2D eigenvalue weighted by Crippen LogP contribution is -2.59. The Morgan fingerprint density at radius 1 is 1.55 bits per heavy atom. The first-order valence-corrected chi connectivity index (χ1v) is 6.64. The van der Waals surface area contributed by atoms with Gasteiger partial charge in [-0.05, 0) is 24.1 Å². The van der Waals surface area contributed by atoms with Gasteiger partial charge in [0, 0.05) is 18.0 Å². The van der Waals surface area contributed by atoms with Crippen molar-refractivity contribution < 1.29 is 19.0 Å². The Bertz CT molecular complexity index is 516. The van der Waals surface area contributed by atoms with E-state index in [0.29, 0.717) is 13.0 Å². The highest BCUT2D eigenvalue weighted by Gasteiger charge is 2.46. The molecule has 1 aromatic rings. The predicted molar refractivity (Wildman–Crippen MR) is 72.8 cm³/mol. The highest BCUT2D eigenvalue weighted by molar-refractivity contribution is 5.89. The molecule has 4 nitrogen and oxygen atoms in total.